The normalized spacial score (nSPS) is 15.5. The molecule has 1 aliphatic heterocycles. The standard InChI is InChI=1S/C27H22Br2N2O5S/c1-3-35-22-13-17(12-21(29)24(22)36-15-16-4-8-19(28)9-5-16)14-23-25(32)31(2)27(37-23)30-20-10-6-18(7-11-20)26(33)34/h4-14H,3,15H2,1-2H3,(H,33,34)/b23-14-,30-27?. The number of hydrogen-bond acceptors (Lipinski definition) is 6. The molecular weight excluding hydrogens is 624 g/mol. The van der Waals surface area contributed by atoms with Crippen molar-refractivity contribution in [3.63, 3.8) is 0 Å². The van der Waals surface area contributed by atoms with Gasteiger partial charge in [0.05, 0.1) is 27.2 Å². The van der Waals surface area contributed by atoms with E-state index in [1.807, 2.05) is 43.3 Å². The Balaban J connectivity index is 1.57. The van der Waals surface area contributed by atoms with E-state index in [-0.39, 0.29) is 11.5 Å². The molecule has 0 saturated carbocycles. The monoisotopic (exact) mass is 644 g/mol. The Bertz CT molecular complexity index is 1390. The highest BCUT2D eigenvalue weighted by Crippen LogP contribution is 2.40. The van der Waals surface area contributed by atoms with Gasteiger partial charge in [-0.3, -0.25) is 9.69 Å². The van der Waals surface area contributed by atoms with Gasteiger partial charge >= 0.3 is 5.97 Å². The predicted molar refractivity (Wildman–Crippen MR) is 153 cm³/mol. The molecule has 1 aliphatic rings. The van der Waals surface area contributed by atoms with E-state index in [9.17, 15) is 9.59 Å². The summed E-state index contributed by atoms with van der Waals surface area (Å²) in [5.41, 5.74) is 2.52. The van der Waals surface area contributed by atoms with Crippen LogP contribution >= 0.6 is 43.6 Å². The second-order valence-electron chi connectivity index (χ2n) is 7.90. The van der Waals surface area contributed by atoms with E-state index in [4.69, 9.17) is 14.6 Å². The van der Waals surface area contributed by atoms with Crippen molar-refractivity contribution < 1.29 is 24.2 Å². The molecule has 3 aromatic carbocycles. The third kappa shape index (κ3) is 6.63. The predicted octanol–water partition coefficient (Wildman–Crippen LogP) is 7.12. The van der Waals surface area contributed by atoms with Crippen molar-refractivity contribution in [2.45, 2.75) is 13.5 Å². The number of nitrogens with zero attached hydrogens (tertiary/aromatic N) is 2. The summed E-state index contributed by atoms with van der Waals surface area (Å²) in [6.45, 7) is 2.72. The molecule has 1 amide bonds. The number of hydrogen-bond donors (Lipinski definition) is 1. The first-order valence-electron chi connectivity index (χ1n) is 11.2. The summed E-state index contributed by atoms with van der Waals surface area (Å²) in [6.07, 6.45) is 1.78. The zero-order valence-electron chi connectivity index (χ0n) is 19.9. The molecule has 4 rings (SSSR count). The van der Waals surface area contributed by atoms with Gasteiger partial charge in [-0.05, 0) is 100 Å². The lowest BCUT2D eigenvalue weighted by molar-refractivity contribution is -0.121. The lowest BCUT2D eigenvalue weighted by Gasteiger charge is -2.15. The molecular formula is C27H22Br2N2O5S. The van der Waals surface area contributed by atoms with Gasteiger partial charge in [0, 0.05) is 11.5 Å². The van der Waals surface area contributed by atoms with Crippen LogP contribution in [0.5, 0.6) is 11.5 Å². The molecule has 0 unspecified atom stereocenters. The number of amides is 1. The summed E-state index contributed by atoms with van der Waals surface area (Å²) in [7, 11) is 1.65. The Kier molecular flexibility index (Phi) is 8.73. The molecule has 0 radical (unpaired) electrons. The maximum atomic E-state index is 12.9. The molecule has 1 fully saturated rings. The van der Waals surface area contributed by atoms with E-state index >= 15 is 0 Å². The highest BCUT2D eigenvalue weighted by atomic mass is 79.9. The van der Waals surface area contributed by atoms with Crippen LogP contribution in [0, 0.1) is 0 Å². The molecule has 0 spiro atoms. The van der Waals surface area contributed by atoms with Gasteiger partial charge in [-0.15, -0.1) is 0 Å². The molecule has 3 aromatic rings. The van der Waals surface area contributed by atoms with Gasteiger partial charge in [0.1, 0.15) is 6.61 Å². The number of likely N-dealkylation sites (N-methyl/N-ethyl adjacent to an activating group) is 1. The third-order valence-corrected chi connectivity index (χ3v) is 7.45. The van der Waals surface area contributed by atoms with E-state index in [0.29, 0.717) is 44.9 Å². The van der Waals surface area contributed by atoms with E-state index in [1.54, 1.807) is 25.3 Å². The minimum atomic E-state index is -1.01. The quantitative estimate of drug-likeness (QED) is 0.263. The van der Waals surface area contributed by atoms with Crippen LogP contribution in [0.3, 0.4) is 0 Å². The summed E-state index contributed by atoms with van der Waals surface area (Å²) >= 11 is 8.27. The first-order valence-corrected chi connectivity index (χ1v) is 13.6. The summed E-state index contributed by atoms with van der Waals surface area (Å²) in [5.74, 6) is -0.0385. The van der Waals surface area contributed by atoms with Crippen molar-refractivity contribution in [1.29, 1.82) is 0 Å². The van der Waals surface area contributed by atoms with E-state index in [1.165, 1.54) is 28.8 Å². The molecule has 0 bridgehead atoms. The molecule has 37 heavy (non-hydrogen) atoms. The Morgan fingerprint density at radius 3 is 2.43 bits per heavy atom. The number of carboxylic acids is 1. The van der Waals surface area contributed by atoms with Crippen LogP contribution in [0.1, 0.15) is 28.4 Å². The third-order valence-electron chi connectivity index (χ3n) is 5.27. The van der Waals surface area contributed by atoms with Crippen molar-refractivity contribution in [1.82, 2.24) is 4.90 Å². The minimum Gasteiger partial charge on any atom is -0.490 e. The second kappa shape index (κ2) is 12.0. The fourth-order valence-corrected chi connectivity index (χ4v) is 5.23. The van der Waals surface area contributed by atoms with Gasteiger partial charge in [-0.2, -0.15) is 0 Å². The Morgan fingerprint density at radius 2 is 1.78 bits per heavy atom. The fraction of sp³-hybridized carbons (Fsp3) is 0.148. The van der Waals surface area contributed by atoms with Crippen molar-refractivity contribution in [2.75, 3.05) is 13.7 Å². The average Bonchev–Trinajstić information content (AvgIpc) is 3.12. The van der Waals surface area contributed by atoms with Crippen molar-refractivity contribution >= 4 is 72.4 Å². The molecule has 10 heteroatoms. The molecule has 1 heterocycles. The fourth-order valence-electron chi connectivity index (χ4n) is 3.40. The topological polar surface area (TPSA) is 88.4 Å². The number of benzene rings is 3. The summed E-state index contributed by atoms with van der Waals surface area (Å²) in [4.78, 5) is 30.5. The molecule has 0 aliphatic carbocycles. The molecule has 7 nitrogen and oxygen atoms in total. The summed E-state index contributed by atoms with van der Waals surface area (Å²) in [5, 5.41) is 9.57. The molecule has 1 saturated heterocycles. The number of halogens is 2. The Morgan fingerprint density at radius 1 is 1.08 bits per heavy atom. The van der Waals surface area contributed by atoms with Crippen molar-refractivity contribution in [3.8, 4) is 11.5 Å². The number of ether oxygens (including phenoxy) is 2. The van der Waals surface area contributed by atoms with E-state index < -0.39 is 5.97 Å². The lowest BCUT2D eigenvalue weighted by atomic mass is 10.1. The number of aromatic carboxylic acids is 1. The SMILES string of the molecule is CCOc1cc(/C=C2\SC(=Nc3ccc(C(=O)O)cc3)N(C)C2=O)cc(Br)c1OCc1ccc(Br)cc1. The van der Waals surface area contributed by atoms with Gasteiger partial charge in [0.15, 0.2) is 16.7 Å². The summed E-state index contributed by atoms with van der Waals surface area (Å²) in [6, 6.07) is 17.8. The molecule has 190 valence electrons. The van der Waals surface area contributed by atoms with E-state index in [2.05, 4.69) is 36.9 Å². The van der Waals surface area contributed by atoms with Crippen LogP contribution < -0.4 is 9.47 Å². The maximum absolute atomic E-state index is 12.9. The highest BCUT2D eigenvalue weighted by molar-refractivity contribution is 9.10. The summed E-state index contributed by atoms with van der Waals surface area (Å²) < 4.78 is 13.6. The lowest BCUT2D eigenvalue weighted by Crippen LogP contribution is -2.23. The first-order chi connectivity index (χ1) is 17.7. The van der Waals surface area contributed by atoms with Crippen LogP contribution in [0.2, 0.25) is 0 Å². The van der Waals surface area contributed by atoms with Crippen LogP contribution in [-0.2, 0) is 11.4 Å². The van der Waals surface area contributed by atoms with Crippen LogP contribution in [0.4, 0.5) is 5.69 Å². The van der Waals surface area contributed by atoms with Crippen molar-refractivity contribution in [2.24, 2.45) is 4.99 Å². The second-order valence-corrected chi connectivity index (χ2v) is 10.7. The highest BCUT2D eigenvalue weighted by Gasteiger charge is 2.30. The van der Waals surface area contributed by atoms with Gasteiger partial charge in [0.2, 0.25) is 0 Å². The smallest absolute Gasteiger partial charge is 0.335 e. The Labute approximate surface area is 235 Å². The molecule has 0 aromatic heterocycles. The van der Waals surface area contributed by atoms with Gasteiger partial charge in [0.25, 0.3) is 5.91 Å². The van der Waals surface area contributed by atoms with Crippen LogP contribution in [0.25, 0.3) is 6.08 Å². The van der Waals surface area contributed by atoms with E-state index in [0.717, 1.165) is 15.6 Å². The van der Waals surface area contributed by atoms with Crippen LogP contribution in [0.15, 0.2) is 79.5 Å². The minimum absolute atomic E-state index is 0.174. The average molecular weight is 646 g/mol. The van der Waals surface area contributed by atoms with Gasteiger partial charge < -0.3 is 14.6 Å². The number of rotatable bonds is 8. The number of carboxylic acid groups (broad SMARTS) is 1. The maximum Gasteiger partial charge on any atom is 0.335 e. The number of thioether (sulfide) groups is 1. The number of aliphatic imine (C=N–C) groups is 1. The largest absolute Gasteiger partial charge is 0.490 e. The van der Waals surface area contributed by atoms with Gasteiger partial charge in [-0.1, -0.05) is 28.1 Å². The molecule has 1 N–H and O–H groups in total. The Hall–Kier alpha value is -3.08. The zero-order chi connectivity index (χ0) is 26.5. The van der Waals surface area contributed by atoms with Gasteiger partial charge in [-0.25, -0.2) is 9.79 Å². The number of carbonyl (C=O) groups is 2. The number of carbonyl (C=O) groups excluding carboxylic acids is 1. The zero-order valence-corrected chi connectivity index (χ0v) is 23.9. The van der Waals surface area contributed by atoms with Crippen LogP contribution in [-0.4, -0.2) is 40.7 Å². The molecule has 0 atom stereocenters. The number of amidine groups is 1. The first kappa shape index (κ1) is 27.0. The van der Waals surface area contributed by atoms with Crippen molar-refractivity contribution in [3.05, 3.63) is 91.2 Å².